The summed E-state index contributed by atoms with van der Waals surface area (Å²) in [7, 11) is 0. The van der Waals surface area contributed by atoms with Gasteiger partial charge in [0.25, 0.3) is 0 Å². The first-order chi connectivity index (χ1) is 9.58. The van der Waals surface area contributed by atoms with E-state index in [1.807, 2.05) is 0 Å². The van der Waals surface area contributed by atoms with Gasteiger partial charge in [-0.3, -0.25) is 0 Å². The molecule has 1 aliphatic carbocycles. The van der Waals surface area contributed by atoms with Gasteiger partial charge in [0.1, 0.15) is 0 Å². The minimum Gasteiger partial charge on any atom is -0.478 e. The Hall–Kier alpha value is -2.04. The minimum absolute atomic E-state index is 0.209. The lowest BCUT2D eigenvalue weighted by Gasteiger charge is -2.23. The molecule has 108 valence electrons. The van der Waals surface area contributed by atoms with Crippen molar-refractivity contribution in [3.8, 4) is 0 Å². The molecule has 1 aromatic rings. The molecule has 2 amide bonds. The fraction of sp³-hybridized carbons (Fsp3) is 0.467. The normalized spacial score (nSPS) is 15.7. The predicted molar refractivity (Wildman–Crippen MR) is 77.2 cm³/mol. The highest BCUT2D eigenvalue weighted by Crippen LogP contribution is 2.20. The van der Waals surface area contributed by atoms with Gasteiger partial charge in [-0.05, 0) is 37.5 Å². The number of benzene rings is 1. The number of nitrogens with one attached hydrogen (secondary N) is 2. The molecule has 5 heteroatoms. The highest BCUT2D eigenvalue weighted by Gasteiger charge is 2.17. The Morgan fingerprint density at radius 1 is 1.20 bits per heavy atom. The van der Waals surface area contributed by atoms with E-state index in [4.69, 9.17) is 5.11 Å². The van der Waals surface area contributed by atoms with Crippen molar-refractivity contribution in [1.29, 1.82) is 0 Å². The number of rotatable bonds is 3. The summed E-state index contributed by atoms with van der Waals surface area (Å²) in [6.45, 7) is 1.69. The topological polar surface area (TPSA) is 78.4 Å². The molecule has 0 bridgehead atoms. The number of aromatic carboxylic acids is 1. The fourth-order valence-corrected chi connectivity index (χ4v) is 2.59. The van der Waals surface area contributed by atoms with Crippen molar-refractivity contribution in [2.45, 2.75) is 45.1 Å². The standard InChI is InChI=1S/C15H20N2O3/c1-10-12(14(18)19)8-5-9-13(10)17-15(20)16-11-6-3-2-4-7-11/h5,8-9,11H,2-4,6-7H2,1H3,(H,18,19)(H2,16,17,20). The van der Waals surface area contributed by atoms with Gasteiger partial charge >= 0.3 is 12.0 Å². The number of hydrogen-bond donors (Lipinski definition) is 3. The summed E-state index contributed by atoms with van der Waals surface area (Å²) >= 11 is 0. The quantitative estimate of drug-likeness (QED) is 0.793. The third-order valence-electron chi connectivity index (χ3n) is 3.75. The van der Waals surface area contributed by atoms with E-state index in [0.717, 1.165) is 25.7 Å². The van der Waals surface area contributed by atoms with Gasteiger partial charge in [-0.2, -0.15) is 0 Å². The number of hydrogen-bond acceptors (Lipinski definition) is 2. The van der Waals surface area contributed by atoms with Crippen LogP contribution in [-0.4, -0.2) is 23.1 Å². The second-order valence-corrected chi connectivity index (χ2v) is 5.22. The average molecular weight is 276 g/mol. The van der Waals surface area contributed by atoms with Crippen LogP contribution in [0.25, 0.3) is 0 Å². The lowest BCUT2D eigenvalue weighted by atomic mass is 9.96. The van der Waals surface area contributed by atoms with E-state index >= 15 is 0 Å². The van der Waals surface area contributed by atoms with E-state index in [1.54, 1.807) is 19.1 Å². The maximum atomic E-state index is 11.9. The van der Waals surface area contributed by atoms with E-state index in [9.17, 15) is 9.59 Å². The summed E-state index contributed by atoms with van der Waals surface area (Å²) in [5.41, 5.74) is 1.32. The van der Waals surface area contributed by atoms with Crippen LogP contribution in [-0.2, 0) is 0 Å². The molecule has 1 fully saturated rings. The second-order valence-electron chi connectivity index (χ2n) is 5.22. The first kappa shape index (κ1) is 14.4. The van der Waals surface area contributed by atoms with Crippen LogP contribution in [0.5, 0.6) is 0 Å². The van der Waals surface area contributed by atoms with Gasteiger partial charge in [0.05, 0.1) is 5.56 Å². The Morgan fingerprint density at radius 2 is 1.90 bits per heavy atom. The van der Waals surface area contributed by atoms with Crippen LogP contribution in [0, 0.1) is 6.92 Å². The van der Waals surface area contributed by atoms with Crippen LogP contribution in [0.3, 0.4) is 0 Å². The zero-order chi connectivity index (χ0) is 14.5. The summed E-state index contributed by atoms with van der Waals surface area (Å²) < 4.78 is 0. The minimum atomic E-state index is -0.987. The number of carbonyl (C=O) groups excluding carboxylic acids is 1. The molecule has 1 saturated carbocycles. The third-order valence-corrected chi connectivity index (χ3v) is 3.75. The van der Waals surface area contributed by atoms with Gasteiger partial charge in [0, 0.05) is 11.7 Å². The molecule has 2 rings (SSSR count). The van der Waals surface area contributed by atoms with Gasteiger partial charge in [0.2, 0.25) is 0 Å². The number of carboxylic acid groups (broad SMARTS) is 1. The Kier molecular flexibility index (Phi) is 4.61. The van der Waals surface area contributed by atoms with E-state index in [0.29, 0.717) is 11.3 Å². The van der Waals surface area contributed by atoms with Crippen LogP contribution in [0.4, 0.5) is 10.5 Å². The first-order valence-corrected chi connectivity index (χ1v) is 6.98. The molecule has 0 unspecified atom stereocenters. The Balaban J connectivity index is 2.00. The summed E-state index contributed by atoms with van der Waals surface area (Å²) in [5, 5.41) is 14.7. The number of urea groups is 1. The van der Waals surface area contributed by atoms with E-state index in [2.05, 4.69) is 10.6 Å². The van der Waals surface area contributed by atoms with Crippen molar-refractivity contribution in [2.75, 3.05) is 5.32 Å². The third kappa shape index (κ3) is 3.50. The smallest absolute Gasteiger partial charge is 0.336 e. The molecule has 0 heterocycles. The van der Waals surface area contributed by atoms with Gasteiger partial charge < -0.3 is 15.7 Å². The molecular weight excluding hydrogens is 256 g/mol. The Bertz CT molecular complexity index is 508. The van der Waals surface area contributed by atoms with Crippen molar-refractivity contribution >= 4 is 17.7 Å². The van der Waals surface area contributed by atoms with Crippen LogP contribution >= 0.6 is 0 Å². The molecule has 0 radical (unpaired) electrons. The highest BCUT2D eigenvalue weighted by molar-refractivity contribution is 5.95. The van der Waals surface area contributed by atoms with Crippen LogP contribution in [0.15, 0.2) is 18.2 Å². The van der Waals surface area contributed by atoms with Crippen molar-refractivity contribution in [2.24, 2.45) is 0 Å². The molecule has 1 aliphatic rings. The van der Waals surface area contributed by atoms with Crippen LogP contribution in [0.2, 0.25) is 0 Å². The van der Waals surface area contributed by atoms with Crippen molar-refractivity contribution in [1.82, 2.24) is 5.32 Å². The van der Waals surface area contributed by atoms with Gasteiger partial charge in [0.15, 0.2) is 0 Å². The van der Waals surface area contributed by atoms with Gasteiger partial charge in [-0.25, -0.2) is 9.59 Å². The second kappa shape index (κ2) is 6.41. The maximum Gasteiger partial charge on any atom is 0.336 e. The summed E-state index contributed by atoms with van der Waals surface area (Å²) in [6.07, 6.45) is 5.57. The summed E-state index contributed by atoms with van der Waals surface area (Å²) in [4.78, 5) is 23.0. The maximum absolute atomic E-state index is 11.9. The number of anilines is 1. The fourth-order valence-electron chi connectivity index (χ4n) is 2.59. The summed E-state index contributed by atoms with van der Waals surface area (Å²) in [5.74, 6) is -0.987. The number of carbonyl (C=O) groups is 2. The van der Waals surface area contributed by atoms with E-state index in [-0.39, 0.29) is 17.6 Å². The number of amides is 2. The first-order valence-electron chi connectivity index (χ1n) is 6.98. The molecule has 0 spiro atoms. The molecule has 0 saturated heterocycles. The summed E-state index contributed by atoms with van der Waals surface area (Å²) in [6, 6.07) is 4.84. The van der Waals surface area contributed by atoms with Crippen molar-refractivity contribution in [3.63, 3.8) is 0 Å². The molecule has 20 heavy (non-hydrogen) atoms. The zero-order valence-electron chi connectivity index (χ0n) is 11.6. The highest BCUT2D eigenvalue weighted by atomic mass is 16.4. The zero-order valence-corrected chi connectivity index (χ0v) is 11.6. The van der Waals surface area contributed by atoms with Crippen molar-refractivity contribution in [3.05, 3.63) is 29.3 Å². The molecule has 1 aromatic carbocycles. The van der Waals surface area contributed by atoms with Gasteiger partial charge in [-0.1, -0.05) is 25.3 Å². The Morgan fingerprint density at radius 3 is 2.55 bits per heavy atom. The monoisotopic (exact) mass is 276 g/mol. The molecule has 0 aromatic heterocycles. The SMILES string of the molecule is Cc1c(NC(=O)NC2CCCCC2)cccc1C(=O)O. The average Bonchev–Trinajstić information content (AvgIpc) is 2.42. The lowest BCUT2D eigenvalue weighted by Crippen LogP contribution is -2.39. The van der Waals surface area contributed by atoms with Crippen LogP contribution < -0.4 is 10.6 Å². The van der Waals surface area contributed by atoms with E-state index in [1.165, 1.54) is 12.5 Å². The molecular formula is C15H20N2O3. The van der Waals surface area contributed by atoms with Crippen molar-refractivity contribution < 1.29 is 14.7 Å². The lowest BCUT2D eigenvalue weighted by molar-refractivity contribution is 0.0696. The number of carboxylic acids is 1. The van der Waals surface area contributed by atoms with Gasteiger partial charge in [-0.15, -0.1) is 0 Å². The Labute approximate surface area is 118 Å². The molecule has 0 aliphatic heterocycles. The molecule has 3 N–H and O–H groups in total. The predicted octanol–water partition coefficient (Wildman–Crippen LogP) is 3.15. The van der Waals surface area contributed by atoms with E-state index < -0.39 is 5.97 Å². The molecule has 0 atom stereocenters. The molecule has 5 nitrogen and oxygen atoms in total. The van der Waals surface area contributed by atoms with Crippen LogP contribution in [0.1, 0.15) is 48.0 Å². The largest absolute Gasteiger partial charge is 0.478 e.